The molecular weight excluding hydrogens is 228 g/mol. The Morgan fingerprint density at radius 3 is 2.72 bits per heavy atom. The lowest BCUT2D eigenvalue weighted by molar-refractivity contribution is 0.568. The molecule has 1 aliphatic rings. The van der Waals surface area contributed by atoms with Crippen LogP contribution in [0.3, 0.4) is 0 Å². The predicted molar refractivity (Wildman–Crippen MR) is 70.6 cm³/mol. The average molecular weight is 246 g/mol. The molecule has 0 unspecified atom stereocenters. The van der Waals surface area contributed by atoms with Crippen molar-refractivity contribution in [3.05, 3.63) is 11.8 Å². The lowest BCUT2D eigenvalue weighted by atomic mass is 10.1. The molecule has 2 N–H and O–H groups in total. The van der Waals surface area contributed by atoms with Crippen LogP contribution in [0.2, 0.25) is 0 Å². The highest BCUT2D eigenvalue weighted by molar-refractivity contribution is 5.54. The van der Waals surface area contributed by atoms with Gasteiger partial charge in [0, 0.05) is 18.7 Å². The first-order chi connectivity index (χ1) is 8.79. The van der Waals surface area contributed by atoms with Crippen molar-refractivity contribution in [1.29, 1.82) is 0 Å². The van der Waals surface area contributed by atoms with Gasteiger partial charge in [-0.25, -0.2) is 0 Å². The van der Waals surface area contributed by atoms with Crippen molar-refractivity contribution in [3.63, 3.8) is 0 Å². The summed E-state index contributed by atoms with van der Waals surface area (Å²) in [6.07, 6.45) is 6.42. The number of nitrogens with two attached hydrogens (primary N) is 1. The zero-order valence-corrected chi connectivity index (χ0v) is 10.6. The normalized spacial score (nSPS) is 16.4. The minimum absolute atomic E-state index is 0.417. The highest BCUT2D eigenvalue weighted by Crippen LogP contribution is 2.19. The fraction of sp³-hybridized carbons (Fsp3) is 0.583. The van der Waals surface area contributed by atoms with Crippen LogP contribution in [0.5, 0.6) is 0 Å². The molecule has 3 rings (SSSR count). The number of aryl methyl sites for hydroxylation is 1. The summed E-state index contributed by atoms with van der Waals surface area (Å²) in [5, 5.41) is 4.22. The topological polar surface area (TPSA) is 72.3 Å². The fourth-order valence-corrected chi connectivity index (χ4v) is 2.42. The Hall–Kier alpha value is -1.85. The molecule has 96 valence electrons. The lowest BCUT2D eigenvalue weighted by Gasteiger charge is -2.26. The number of hydrogen-bond donors (Lipinski definition) is 1. The predicted octanol–water partition coefficient (Wildman–Crippen LogP) is 1.26. The summed E-state index contributed by atoms with van der Waals surface area (Å²) in [5.74, 6) is 1.16. The molecule has 1 saturated heterocycles. The van der Waals surface area contributed by atoms with Crippen molar-refractivity contribution in [3.8, 4) is 0 Å². The zero-order chi connectivity index (χ0) is 12.5. The van der Waals surface area contributed by atoms with Crippen molar-refractivity contribution >= 4 is 17.5 Å². The SMILES string of the molecule is CCc1cnn2c(N)nc(N3CCCCC3)nc12. The van der Waals surface area contributed by atoms with E-state index in [9.17, 15) is 0 Å². The Bertz CT molecular complexity index is 555. The van der Waals surface area contributed by atoms with E-state index in [0.717, 1.165) is 36.7 Å². The van der Waals surface area contributed by atoms with Gasteiger partial charge in [-0.05, 0) is 25.7 Å². The minimum atomic E-state index is 0.417. The highest BCUT2D eigenvalue weighted by atomic mass is 15.4. The molecule has 0 amide bonds. The van der Waals surface area contributed by atoms with Gasteiger partial charge in [-0.2, -0.15) is 19.6 Å². The Morgan fingerprint density at radius 1 is 1.22 bits per heavy atom. The number of nitrogen functional groups attached to an aromatic ring is 1. The average Bonchev–Trinajstić information content (AvgIpc) is 2.83. The standard InChI is InChI=1S/C12H18N6/c1-2-9-8-14-18-10(9)15-12(16-11(18)13)17-6-4-3-5-7-17/h8H,2-7H2,1H3,(H2,13,15,16). The fourth-order valence-electron chi connectivity index (χ4n) is 2.42. The molecule has 0 aliphatic carbocycles. The first-order valence-corrected chi connectivity index (χ1v) is 6.54. The van der Waals surface area contributed by atoms with Crippen molar-refractivity contribution in [2.75, 3.05) is 23.7 Å². The molecule has 0 saturated carbocycles. The molecule has 0 atom stereocenters. The van der Waals surface area contributed by atoms with Gasteiger partial charge in [-0.15, -0.1) is 0 Å². The smallest absolute Gasteiger partial charge is 0.230 e. The number of piperidine rings is 1. The molecule has 3 heterocycles. The molecule has 2 aromatic heterocycles. The van der Waals surface area contributed by atoms with Crippen LogP contribution in [-0.4, -0.2) is 32.7 Å². The largest absolute Gasteiger partial charge is 0.368 e. The van der Waals surface area contributed by atoms with Gasteiger partial charge in [0.2, 0.25) is 11.9 Å². The van der Waals surface area contributed by atoms with Gasteiger partial charge in [-0.1, -0.05) is 6.92 Å². The van der Waals surface area contributed by atoms with Crippen LogP contribution in [0.25, 0.3) is 5.65 Å². The summed E-state index contributed by atoms with van der Waals surface area (Å²) in [6.45, 7) is 4.13. The number of anilines is 2. The third kappa shape index (κ3) is 1.77. The Balaban J connectivity index is 2.06. The summed E-state index contributed by atoms with van der Waals surface area (Å²) >= 11 is 0. The summed E-state index contributed by atoms with van der Waals surface area (Å²) in [6, 6.07) is 0. The molecule has 0 bridgehead atoms. The highest BCUT2D eigenvalue weighted by Gasteiger charge is 2.17. The van der Waals surface area contributed by atoms with E-state index in [-0.39, 0.29) is 0 Å². The third-order valence-electron chi connectivity index (χ3n) is 3.47. The van der Waals surface area contributed by atoms with Gasteiger partial charge in [0.1, 0.15) is 0 Å². The number of fused-ring (bicyclic) bond motifs is 1. The van der Waals surface area contributed by atoms with Crippen molar-refractivity contribution in [1.82, 2.24) is 19.6 Å². The van der Waals surface area contributed by atoms with Crippen molar-refractivity contribution in [2.45, 2.75) is 32.6 Å². The molecular formula is C12H18N6. The zero-order valence-electron chi connectivity index (χ0n) is 10.6. The van der Waals surface area contributed by atoms with Crippen LogP contribution in [0.1, 0.15) is 31.7 Å². The molecule has 1 fully saturated rings. The Kier molecular flexibility index (Phi) is 2.77. The van der Waals surface area contributed by atoms with Gasteiger partial charge < -0.3 is 10.6 Å². The monoisotopic (exact) mass is 246 g/mol. The van der Waals surface area contributed by atoms with Crippen molar-refractivity contribution in [2.24, 2.45) is 0 Å². The van der Waals surface area contributed by atoms with E-state index in [1.165, 1.54) is 19.3 Å². The van der Waals surface area contributed by atoms with Gasteiger partial charge in [-0.3, -0.25) is 0 Å². The summed E-state index contributed by atoms with van der Waals surface area (Å²) < 4.78 is 1.62. The van der Waals surface area contributed by atoms with E-state index in [0.29, 0.717) is 5.95 Å². The number of rotatable bonds is 2. The molecule has 0 aromatic carbocycles. The molecule has 2 aromatic rings. The Labute approximate surface area is 106 Å². The van der Waals surface area contributed by atoms with E-state index in [1.54, 1.807) is 4.52 Å². The second-order valence-electron chi connectivity index (χ2n) is 4.69. The van der Waals surface area contributed by atoms with Crippen LogP contribution in [0, 0.1) is 0 Å². The molecule has 6 nitrogen and oxygen atoms in total. The van der Waals surface area contributed by atoms with E-state index in [4.69, 9.17) is 5.73 Å². The lowest BCUT2D eigenvalue weighted by Crippen LogP contribution is -2.31. The molecule has 0 spiro atoms. The molecule has 1 aliphatic heterocycles. The van der Waals surface area contributed by atoms with Crippen LogP contribution in [-0.2, 0) is 6.42 Å². The van der Waals surface area contributed by atoms with Crippen LogP contribution >= 0.6 is 0 Å². The number of aromatic nitrogens is 4. The maximum Gasteiger partial charge on any atom is 0.230 e. The van der Waals surface area contributed by atoms with Crippen LogP contribution < -0.4 is 10.6 Å². The molecule has 18 heavy (non-hydrogen) atoms. The quantitative estimate of drug-likeness (QED) is 0.863. The van der Waals surface area contributed by atoms with Gasteiger partial charge in [0.05, 0.1) is 6.20 Å². The van der Waals surface area contributed by atoms with E-state index < -0.39 is 0 Å². The van der Waals surface area contributed by atoms with E-state index >= 15 is 0 Å². The number of hydrogen-bond acceptors (Lipinski definition) is 5. The summed E-state index contributed by atoms with van der Waals surface area (Å²) in [4.78, 5) is 11.2. The Morgan fingerprint density at radius 2 is 2.00 bits per heavy atom. The van der Waals surface area contributed by atoms with Gasteiger partial charge in [0.15, 0.2) is 5.65 Å². The summed E-state index contributed by atoms with van der Waals surface area (Å²) in [5.41, 5.74) is 7.91. The first-order valence-electron chi connectivity index (χ1n) is 6.54. The molecule has 6 heteroatoms. The maximum absolute atomic E-state index is 5.95. The van der Waals surface area contributed by atoms with Gasteiger partial charge in [0.25, 0.3) is 0 Å². The van der Waals surface area contributed by atoms with Crippen molar-refractivity contribution < 1.29 is 0 Å². The molecule has 0 radical (unpaired) electrons. The van der Waals surface area contributed by atoms with Gasteiger partial charge >= 0.3 is 0 Å². The first kappa shape index (κ1) is 11.3. The van der Waals surface area contributed by atoms with E-state index in [2.05, 4.69) is 26.9 Å². The minimum Gasteiger partial charge on any atom is -0.368 e. The number of nitrogens with zero attached hydrogens (tertiary/aromatic N) is 5. The van der Waals surface area contributed by atoms with Crippen LogP contribution in [0.15, 0.2) is 6.20 Å². The summed E-state index contributed by atoms with van der Waals surface area (Å²) in [7, 11) is 0. The van der Waals surface area contributed by atoms with Crippen LogP contribution in [0.4, 0.5) is 11.9 Å². The van der Waals surface area contributed by atoms with E-state index in [1.807, 2.05) is 6.20 Å². The third-order valence-corrected chi connectivity index (χ3v) is 3.47. The maximum atomic E-state index is 5.95. The second-order valence-corrected chi connectivity index (χ2v) is 4.69. The second kappa shape index (κ2) is 4.44.